The Morgan fingerprint density at radius 3 is 2.67 bits per heavy atom. The van der Waals surface area contributed by atoms with E-state index in [1.54, 1.807) is 17.0 Å². The van der Waals surface area contributed by atoms with Gasteiger partial charge in [-0.15, -0.1) is 0 Å². The summed E-state index contributed by atoms with van der Waals surface area (Å²) in [6.45, 7) is 7.51. The van der Waals surface area contributed by atoms with Gasteiger partial charge < -0.3 is 19.9 Å². The molecule has 2 saturated heterocycles. The van der Waals surface area contributed by atoms with E-state index < -0.39 is 17.5 Å². The fourth-order valence-corrected chi connectivity index (χ4v) is 3.93. The number of halogens is 1. The molecule has 30 heavy (non-hydrogen) atoms. The third-order valence-corrected chi connectivity index (χ3v) is 5.40. The van der Waals surface area contributed by atoms with Gasteiger partial charge in [-0.3, -0.25) is 4.79 Å². The van der Waals surface area contributed by atoms with Crippen LogP contribution in [0.3, 0.4) is 0 Å². The second-order valence-electron chi connectivity index (χ2n) is 8.98. The maximum Gasteiger partial charge on any atom is 0.410 e. The van der Waals surface area contributed by atoms with Crippen LogP contribution in [0.15, 0.2) is 18.2 Å². The van der Waals surface area contributed by atoms with E-state index in [-0.39, 0.29) is 23.4 Å². The van der Waals surface area contributed by atoms with Gasteiger partial charge in [0.25, 0.3) is 0 Å². The van der Waals surface area contributed by atoms with E-state index in [0.29, 0.717) is 38.3 Å². The summed E-state index contributed by atoms with van der Waals surface area (Å²) in [5.74, 6) is -0.766. The van der Waals surface area contributed by atoms with Crippen LogP contribution in [0.4, 0.5) is 14.9 Å². The predicted octanol–water partition coefficient (Wildman–Crippen LogP) is 3.04. The molecule has 2 amide bonds. The maximum absolute atomic E-state index is 14.4. The van der Waals surface area contributed by atoms with E-state index in [2.05, 4.69) is 5.32 Å². The lowest BCUT2D eigenvalue weighted by molar-refractivity contribution is -0.125. The van der Waals surface area contributed by atoms with Gasteiger partial charge in [-0.2, -0.15) is 5.26 Å². The highest BCUT2D eigenvalue weighted by atomic mass is 19.1. The predicted molar refractivity (Wildman–Crippen MR) is 110 cm³/mol. The van der Waals surface area contributed by atoms with Crippen LogP contribution in [-0.4, -0.2) is 54.7 Å². The monoisotopic (exact) mass is 416 g/mol. The van der Waals surface area contributed by atoms with Crippen molar-refractivity contribution in [2.45, 2.75) is 51.7 Å². The number of piperidine rings is 1. The molecule has 7 nitrogen and oxygen atoms in total. The van der Waals surface area contributed by atoms with Crippen LogP contribution < -0.4 is 10.2 Å². The minimum Gasteiger partial charge on any atom is -0.444 e. The molecule has 2 aliphatic rings. The Hall–Kier alpha value is -2.82. The number of rotatable bonds is 3. The molecule has 0 aliphatic carbocycles. The van der Waals surface area contributed by atoms with E-state index in [9.17, 15) is 14.0 Å². The normalized spacial score (nSPS) is 21.8. The fourth-order valence-electron chi connectivity index (χ4n) is 3.93. The quantitative estimate of drug-likeness (QED) is 0.819. The maximum atomic E-state index is 14.4. The summed E-state index contributed by atoms with van der Waals surface area (Å²) in [5, 5.41) is 12.0. The van der Waals surface area contributed by atoms with E-state index in [1.807, 2.05) is 31.7 Å². The number of carbonyl (C=O) groups is 2. The zero-order valence-electron chi connectivity index (χ0n) is 17.8. The van der Waals surface area contributed by atoms with Gasteiger partial charge in [0.2, 0.25) is 5.91 Å². The molecule has 2 atom stereocenters. The van der Waals surface area contributed by atoms with Crippen molar-refractivity contribution in [3.8, 4) is 6.07 Å². The van der Waals surface area contributed by atoms with Crippen molar-refractivity contribution in [2.24, 2.45) is 5.92 Å². The lowest BCUT2D eigenvalue weighted by Gasteiger charge is -2.35. The number of carbonyl (C=O) groups excluding carboxylic acids is 2. The Bertz CT molecular complexity index is 846. The lowest BCUT2D eigenvalue weighted by Crippen LogP contribution is -2.49. The summed E-state index contributed by atoms with van der Waals surface area (Å²) in [5.41, 5.74) is 0.169. The first kappa shape index (κ1) is 21.9. The zero-order chi connectivity index (χ0) is 21.9. The van der Waals surface area contributed by atoms with Crippen molar-refractivity contribution < 1.29 is 18.7 Å². The van der Waals surface area contributed by atoms with E-state index in [4.69, 9.17) is 10.00 Å². The first-order valence-electron chi connectivity index (χ1n) is 10.4. The number of amides is 2. The minimum atomic E-state index is -0.566. The van der Waals surface area contributed by atoms with E-state index >= 15 is 0 Å². The molecule has 1 aromatic carbocycles. The number of anilines is 1. The number of benzene rings is 1. The number of ether oxygens (including phenoxy) is 1. The van der Waals surface area contributed by atoms with Gasteiger partial charge in [-0.1, -0.05) is 0 Å². The van der Waals surface area contributed by atoms with E-state index in [1.165, 1.54) is 6.07 Å². The molecule has 2 fully saturated rings. The smallest absolute Gasteiger partial charge is 0.410 e. The van der Waals surface area contributed by atoms with Crippen molar-refractivity contribution in [3.05, 3.63) is 29.6 Å². The summed E-state index contributed by atoms with van der Waals surface area (Å²) in [6, 6.07) is 6.31. The number of nitriles is 1. The fraction of sp³-hybridized carbons (Fsp3) is 0.591. The Balaban J connectivity index is 1.55. The number of nitrogens with zero attached hydrogens (tertiary/aromatic N) is 3. The average molecular weight is 416 g/mol. The van der Waals surface area contributed by atoms with Crippen molar-refractivity contribution in [3.63, 3.8) is 0 Å². The molecular formula is C22H29FN4O3. The molecule has 2 unspecified atom stereocenters. The van der Waals surface area contributed by atoms with Crippen LogP contribution >= 0.6 is 0 Å². The Morgan fingerprint density at radius 2 is 2.00 bits per heavy atom. The first-order chi connectivity index (χ1) is 14.2. The average Bonchev–Trinajstić information content (AvgIpc) is 3.17. The molecule has 0 saturated carbocycles. The Morgan fingerprint density at radius 1 is 1.23 bits per heavy atom. The molecule has 1 aromatic rings. The third kappa shape index (κ3) is 5.41. The largest absolute Gasteiger partial charge is 0.444 e. The Kier molecular flexibility index (Phi) is 6.49. The second kappa shape index (κ2) is 8.90. The summed E-state index contributed by atoms with van der Waals surface area (Å²) in [7, 11) is 0. The van der Waals surface area contributed by atoms with Gasteiger partial charge in [-0.05, 0) is 58.2 Å². The number of hydrogen-bond donors (Lipinski definition) is 1. The topological polar surface area (TPSA) is 85.7 Å². The van der Waals surface area contributed by atoms with Crippen LogP contribution in [0.25, 0.3) is 0 Å². The summed E-state index contributed by atoms with van der Waals surface area (Å²) in [4.78, 5) is 28.4. The highest BCUT2D eigenvalue weighted by Gasteiger charge is 2.34. The molecule has 162 valence electrons. The second-order valence-corrected chi connectivity index (χ2v) is 8.98. The molecule has 0 radical (unpaired) electrons. The van der Waals surface area contributed by atoms with Crippen LogP contribution in [-0.2, 0) is 9.53 Å². The van der Waals surface area contributed by atoms with E-state index in [0.717, 1.165) is 12.8 Å². The minimum absolute atomic E-state index is 0.0757. The number of nitrogens with one attached hydrogen (secondary N) is 1. The molecule has 0 spiro atoms. The van der Waals surface area contributed by atoms with Gasteiger partial charge in [-0.25, -0.2) is 9.18 Å². The van der Waals surface area contributed by atoms with Crippen LogP contribution in [0.1, 0.15) is 45.6 Å². The van der Waals surface area contributed by atoms with Gasteiger partial charge in [0, 0.05) is 32.2 Å². The summed E-state index contributed by atoms with van der Waals surface area (Å²) >= 11 is 0. The zero-order valence-corrected chi connectivity index (χ0v) is 17.8. The van der Waals surface area contributed by atoms with Crippen molar-refractivity contribution >= 4 is 17.7 Å². The number of hydrogen-bond acceptors (Lipinski definition) is 5. The molecule has 0 bridgehead atoms. The lowest BCUT2D eigenvalue weighted by atomic mass is 10.0. The van der Waals surface area contributed by atoms with Crippen molar-refractivity contribution in [2.75, 3.05) is 31.1 Å². The summed E-state index contributed by atoms with van der Waals surface area (Å²) < 4.78 is 19.7. The van der Waals surface area contributed by atoms with Crippen molar-refractivity contribution in [1.82, 2.24) is 10.2 Å². The molecule has 8 heteroatoms. The van der Waals surface area contributed by atoms with Gasteiger partial charge >= 0.3 is 6.09 Å². The first-order valence-corrected chi connectivity index (χ1v) is 10.4. The molecular weight excluding hydrogens is 387 g/mol. The van der Waals surface area contributed by atoms with Gasteiger partial charge in [0.05, 0.1) is 23.2 Å². The van der Waals surface area contributed by atoms with Crippen molar-refractivity contribution in [1.29, 1.82) is 5.26 Å². The van der Waals surface area contributed by atoms with Crippen LogP contribution in [0, 0.1) is 23.1 Å². The van der Waals surface area contributed by atoms with Gasteiger partial charge in [0.15, 0.2) is 0 Å². The third-order valence-electron chi connectivity index (χ3n) is 5.40. The molecule has 2 aliphatic heterocycles. The molecule has 3 rings (SSSR count). The number of likely N-dealkylation sites (tertiary alicyclic amines) is 1. The SMILES string of the molecule is CC(C)(C)OC(=O)N1CCC(C(=O)NC2CCCN(c3ccc(C#N)cc3F)C2)C1. The van der Waals surface area contributed by atoms with Gasteiger partial charge in [0.1, 0.15) is 11.4 Å². The van der Waals surface area contributed by atoms with Crippen LogP contribution in [0.5, 0.6) is 0 Å². The standard InChI is InChI=1S/C22H29FN4O3/c1-22(2,3)30-21(29)27-10-8-16(13-27)20(28)25-17-5-4-9-26(14-17)19-7-6-15(12-24)11-18(19)23/h6-7,11,16-17H,4-5,8-10,13-14H2,1-3H3,(H,25,28). The summed E-state index contributed by atoms with van der Waals surface area (Å²) in [6.07, 6.45) is 1.87. The molecule has 2 heterocycles. The molecule has 1 N–H and O–H groups in total. The van der Waals surface area contributed by atoms with Crippen LogP contribution in [0.2, 0.25) is 0 Å². The molecule has 0 aromatic heterocycles. The highest BCUT2D eigenvalue weighted by Crippen LogP contribution is 2.25. The highest BCUT2D eigenvalue weighted by molar-refractivity contribution is 5.81. The Labute approximate surface area is 176 Å².